The molecule has 1 saturated carbocycles. The zero-order chi connectivity index (χ0) is 19.4. The lowest BCUT2D eigenvalue weighted by molar-refractivity contribution is -0.137. The Labute approximate surface area is 157 Å². The van der Waals surface area contributed by atoms with Crippen LogP contribution in [0, 0.1) is 17.6 Å². The highest BCUT2D eigenvalue weighted by Gasteiger charge is 2.23. The summed E-state index contributed by atoms with van der Waals surface area (Å²) in [5.74, 6) is -1.66. The van der Waals surface area contributed by atoms with E-state index < -0.39 is 23.5 Å². The summed E-state index contributed by atoms with van der Waals surface area (Å²) in [7, 11) is 0. The van der Waals surface area contributed by atoms with Crippen molar-refractivity contribution in [2.45, 2.75) is 44.9 Å². The Bertz CT molecular complexity index is 798. The molecular formula is C21H23F2NO3. The molecular weight excluding hydrogens is 352 g/mol. The second-order valence-electron chi connectivity index (χ2n) is 7.15. The third-order valence-electron chi connectivity index (χ3n) is 4.83. The van der Waals surface area contributed by atoms with Crippen LogP contribution in [0.4, 0.5) is 8.78 Å². The summed E-state index contributed by atoms with van der Waals surface area (Å²) in [5.41, 5.74) is 0.930. The summed E-state index contributed by atoms with van der Waals surface area (Å²) in [5, 5.41) is 8.71. The van der Waals surface area contributed by atoms with Crippen LogP contribution >= 0.6 is 0 Å². The van der Waals surface area contributed by atoms with Crippen molar-refractivity contribution in [1.82, 2.24) is 4.98 Å². The summed E-state index contributed by atoms with van der Waals surface area (Å²) in [6.07, 6.45) is 4.64. The minimum atomic E-state index is -0.909. The van der Waals surface area contributed by atoms with E-state index in [0.717, 1.165) is 12.8 Å². The molecule has 0 aliphatic heterocycles. The smallest absolute Gasteiger partial charge is 0.303 e. The minimum absolute atomic E-state index is 0.00604. The Balaban J connectivity index is 1.81. The van der Waals surface area contributed by atoms with Gasteiger partial charge >= 0.3 is 5.97 Å². The molecule has 1 aromatic heterocycles. The van der Waals surface area contributed by atoms with Crippen LogP contribution in [0.25, 0.3) is 11.1 Å². The van der Waals surface area contributed by atoms with E-state index in [-0.39, 0.29) is 12.0 Å². The highest BCUT2D eigenvalue weighted by molar-refractivity contribution is 5.69. The SMILES string of the molecule is CC(CCCC(=O)O)c1c(F)cc(-c2cccnc2OCC2CC2)cc1F. The second kappa shape index (κ2) is 8.46. The zero-order valence-corrected chi connectivity index (χ0v) is 15.3. The lowest BCUT2D eigenvalue weighted by atomic mass is 9.92. The molecule has 1 aliphatic carbocycles. The number of aromatic nitrogens is 1. The maximum atomic E-state index is 14.7. The standard InChI is InChI=1S/C21H23F2NO3/c1-13(4-2-6-19(25)26)20-17(22)10-15(11-18(20)23)16-5-3-9-24-21(16)27-12-14-7-8-14/h3,5,9-11,13-14H,2,4,6-8,12H2,1H3,(H,25,26). The van der Waals surface area contributed by atoms with Gasteiger partial charge in [0.2, 0.25) is 5.88 Å². The third kappa shape index (κ3) is 5.02. The average Bonchev–Trinajstić information content (AvgIpc) is 3.43. The van der Waals surface area contributed by atoms with Crippen molar-refractivity contribution in [3.63, 3.8) is 0 Å². The first-order chi connectivity index (χ1) is 13.0. The molecule has 27 heavy (non-hydrogen) atoms. The van der Waals surface area contributed by atoms with Crippen molar-refractivity contribution in [1.29, 1.82) is 0 Å². The molecule has 1 aliphatic rings. The molecule has 1 atom stereocenters. The van der Waals surface area contributed by atoms with Crippen molar-refractivity contribution in [2.24, 2.45) is 5.92 Å². The number of aliphatic carboxylic acids is 1. The van der Waals surface area contributed by atoms with Gasteiger partial charge in [0, 0.05) is 23.7 Å². The van der Waals surface area contributed by atoms with E-state index in [9.17, 15) is 13.6 Å². The summed E-state index contributed by atoms with van der Waals surface area (Å²) >= 11 is 0. The molecule has 1 N–H and O–H groups in total. The number of hydrogen-bond acceptors (Lipinski definition) is 3. The van der Waals surface area contributed by atoms with E-state index in [2.05, 4.69) is 4.98 Å². The Morgan fingerprint density at radius 3 is 2.67 bits per heavy atom. The number of benzene rings is 1. The first-order valence-corrected chi connectivity index (χ1v) is 9.24. The molecule has 1 heterocycles. The van der Waals surface area contributed by atoms with Gasteiger partial charge in [0.25, 0.3) is 0 Å². The minimum Gasteiger partial charge on any atom is -0.481 e. The number of hydrogen-bond donors (Lipinski definition) is 1. The van der Waals surface area contributed by atoms with Gasteiger partial charge in [-0.05, 0) is 67.3 Å². The molecule has 3 rings (SSSR count). The van der Waals surface area contributed by atoms with Crippen molar-refractivity contribution >= 4 is 5.97 Å². The van der Waals surface area contributed by atoms with E-state index in [4.69, 9.17) is 9.84 Å². The highest BCUT2D eigenvalue weighted by Crippen LogP contribution is 2.35. The molecule has 1 unspecified atom stereocenters. The van der Waals surface area contributed by atoms with Gasteiger partial charge in [0.05, 0.1) is 6.61 Å². The average molecular weight is 375 g/mol. The van der Waals surface area contributed by atoms with Crippen LogP contribution in [0.5, 0.6) is 5.88 Å². The number of carboxylic acid groups (broad SMARTS) is 1. The fourth-order valence-electron chi connectivity index (χ4n) is 3.12. The topological polar surface area (TPSA) is 59.4 Å². The molecule has 0 spiro atoms. The molecule has 0 amide bonds. The van der Waals surface area contributed by atoms with E-state index in [0.29, 0.717) is 42.4 Å². The zero-order valence-electron chi connectivity index (χ0n) is 15.3. The van der Waals surface area contributed by atoms with Crippen LogP contribution in [0.2, 0.25) is 0 Å². The Morgan fingerprint density at radius 2 is 2.04 bits per heavy atom. The van der Waals surface area contributed by atoms with Crippen LogP contribution in [0.1, 0.15) is 50.5 Å². The number of rotatable bonds is 9. The summed E-state index contributed by atoms with van der Waals surface area (Å²) in [4.78, 5) is 14.8. The van der Waals surface area contributed by atoms with Gasteiger partial charge in [0.15, 0.2) is 0 Å². The van der Waals surface area contributed by atoms with E-state index in [1.54, 1.807) is 25.3 Å². The van der Waals surface area contributed by atoms with Crippen LogP contribution in [0.15, 0.2) is 30.5 Å². The second-order valence-corrected chi connectivity index (χ2v) is 7.15. The first kappa shape index (κ1) is 19.3. The Morgan fingerprint density at radius 1 is 1.33 bits per heavy atom. The van der Waals surface area contributed by atoms with Gasteiger partial charge in [-0.3, -0.25) is 4.79 Å². The van der Waals surface area contributed by atoms with Crippen LogP contribution in [0.3, 0.4) is 0 Å². The largest absolute Gasteiger partial charge is 0.481 e. The predicted octanol–water partition coefficient (Wildman–Crippen LogP) is 5.17. The van der Waals surface area contributed by atoms with Crippen LogP contribution < -0.4 is 4.74 Å². The van der Waals surface area contributed by atoms with Gasteiger partial charge in [-0.15, -0.1) is 0 Å². The fraction of sp³-hybridized carbons (Fsp3) is 0.429. The maximum Gasteiger partial charge on any atom is 0.303 e. The van der Waals surface area contributed by atoms with Gasteiger partial charge < -0.3 is 9.84 Å². The molecule has 1 fully saturated rings. The molecule has 144 valence electrons. The number of halogens is 2. The number of carbonyl (C=O) groups is 1. The quantitative estimate of drug-likeness (QED) is 0.656. The third-order valence-corrected chi connectivity index (χ3v) is 4.83. The number of carboxylic acids is 1. The fourth-order valence-corrected chi connectivity index (χ4v) is 3.12. The van der Waals surface area contributed by atoms with E-state index in [1.165, 1.54) is 12.1 Å². The Kier molecular flexibility index (Phi) is 6.04. The molecule has 2 aromatic rings. The van der Waals surface area contributed by atoms with Crippen molar-refractivity contribution < 1.29 is 23.4 Å². The van der Waals surface area contributed by atoms with Gasteiger partial charge in [-0.25, -0.2) is 13.8 Å². The molecule has 0 saturated heterocycles. The van der Waals surface area contributed by atoms with Crippen molar-refractivity contribution in [2.75, 3.05) is 6.61 Å². The number of ether oxygens (including phenoxy) is 1. The molecule has 6 heteroatoms. The maximum absolute atomic E-state index is 14.7. The van der Waals surface area contributed by atoms with E-state index in [1.807, 2.05) is 0 Å². The lowest BCUT2D eigenvalue weighted by Crippen LogP contribution is -2.05. The molecule has 4 nitrogen and oxygen atoms in total. The van der Waals surface area contributed by atoms with Crippen LogP contribution in [-0.2, 0) is 4.79 Å². The van der Waals surface area contributed by atoms with Crippen LogP contribution in [-0.4, -0.2) is 22.7 Å². The van der Waals surface area contributed by atoms with E-state index >= 15 is 0 Å². The predicted molar refractivity (Wildman–Crippen MR) is 97.7 cm³/mol. The monoisotopic (exact) mass is 375 g/mol. The summed E-state index contributed by atoms with van der Waals surface area (Å²) in [6.45, 7) is 2.27. The summed E-state index contributed by atoms with van der Waals surface area (Å²) in [6, 6.07) is 6.04. The highest BCUT2D eigenvalue weighted by atomic mass is 19.1. The van der Waals surface area contributed by atoms with Gasteiger partial charge in [0.1, 0.15) is 11.6 Å². The first-order valence-electron chi connectivity index (χ1n) is 9.24. The number of nitrogens with zero attached hydrogens (tertiary/aromatic N) is 1. The molecule has 1 aromatic carbocycles. The Hall–Kier alpha value is -2.50. The van der Waals surface area contributed by atoms with Gasteiger partial charge in [-0.2, -0.15) is 0 Å². The summed E-state index contributed by atoms with van der Waals surface area (Å²) < 4.78 is 35.1. The lowest BCUT2D eigenvalue weighted by Gasteiger charge is -2.16. The van der Waals surface area contributed by atoms with Gasteiger partial charge in [-0.1, -0.05) is 6.92 Å². The van der Waals surface area contributed by atoms with Crippen molar-refractivity contribution in [3.05, 3.63) is 47.7 Å². The number of pyridine rings is 1. The molecule has 0 bridgehead atoms. The normalized spacial score (nSPS) is 14.8. The van der Waals surface area contributed by atoms with Crippen molar-refractivity contribution in [3.8, 4) is 17.0 Å². The molecule has 0 radical (unpaired) electrons.